The summed E-state index contributed by atoms with van der Waals surface area (Å²) < 4.78 is 10.00. The summed E-state index contributed by atoms with van der Waals surface area (Å²) in [5, 5.41) is 18.3. The Labute approximate surface area is 63.7 Å². The first-order valence-electron chi connectivity index (χ1n) is 3.41. The molecule has 11 heavy (non-hydrogen) atoms. The van der Waals surface area contributed by atoms with E-state index in [9.17, 15) is 5.11 Å². The summed E-state index contributed by atoms with van der Waals surface area (Å²) in [5.74, 6) is 5.38. The van der Waals surface area contributed by atoms with Gasteiger partial charge in [-0.05, 0) is 0 Å². The van der Waals surface area contributed by atoms with Crippen LogP contribution in [0.15, 0.2) is 0 Å². The van der Waals surface area contributed by atoms with Crippen molar-refractivity contribution in [1.82, 2.24) is 0 Å². The van der Waals surface area contributed by atoms with Crippen LogP contribution in [0.4, 0.5) is 0 Å². The molecule has 1 fully saturated rings. The summed E-state index contributed by atoms with van der Waals surface area (Å²) in [4.78, 5) is 0. The summed E-state index contributed by atoms with van der Waals surface area (Å²) in [6, 6.07) is 0. The Balaban J connectivity index is 2.23. The number of hydrogen-bond donors (Lipinski definition) is 2. The predicted molar refractivity (Wildman–Crippen MR) is 34.4 cm³/mol. The lowest BCUT2D eigenvalue weighted by atomic mass is 10.2. The second-order valence-corrected chi connectivity index (χ2v) is 2.55. The molecular weight excluding hydrogens is 148 g/mol. The minimum Gasteiger partial charge on any atom is -0.384 e. The molecule has 3 heterocycles. The first-order valence-corrected chi connectivity index (χ1v) is 3.41. The van der Waals surface area contributed by atoms with Crippen LogP contribution in [0.1, 0.15) is 0 Å². The van der Waals surface area contributed by atoms with Gasteiger partial charge < -0.3 is 19.7 Å². The normalized spacial score (nSPS) is 47.8. The Hall–Kier alpha value is -0.600. The Morgan fingerprint density at radius 3 is 2.73 bits per heavy atom. The van der Waals surface area contributed by atoms with Crippen LogP contribution in [-0.4, -0.2) is 41.4 Å². The molecule has 4 heteroatoms. The van der Waals surface area contributed by atoms with Gasteiger partial charge in [0.05, 0.1) is 6.61 Å². The fraction of sp³-hybridized carbons (Fsp3) is 0.714. The third kappa shape index (κ3) is 1.12. The zero-order valence-corrected chi connectivity index (χ0v) is 5.73. The standard InChI is InChI=1S/C7H8O4/c8-6-5-2-1-4(3-10-5)11-7(6)9/h4-9H,3H2/t4?,5-,6?,7?/m1/s1. The second-order valence-electron chi connectivity index (χ2n) is 2.55. The lowest BCUT2D eigenvalue weighted by Crippen LogP contribution is -2.36. The first-order chi connectivity index (χ1) is 5.27. The second kappa shape index (κ2) is 2.47. The average Bonchev–Trinajstić information content (AvgIpc) is 2.22. The van der Waals surface area contributed by atoms with Crippen molar-refractivity contribution in [2.45, 2.75) is 24.6 Å². The van der Waals surface area contributed by atoms with Crippen LogP contribution in [-0.2, 0) is 9.47 Å². The van der Waals surface area contributed by atoms with Crippen molar-refractivity contribution in [1.29, 1.82) is 0 Å². The maximum atomic E-state index is 9.24. The minimum atomic E-state index is -1.19. The van der Waals surface area contributed by atoms with Crippen molar-refractivity contribution in [2.24, 2.45) is 0 Å². The molecule has 0 spiro atoms. The van der Waals surface area contributed by atoms with E-state index in [2.05, 4.69) is 11.8 Å². The smallest absolute Gasteiger partial charge is 0.186 e. The van der Waals surface area contributed by atoms with Crippen LogP contribution in [0.3, 0.4) is 0 Å². The monoisotopic (exact) mass is 156 g/mol. The van der Waals surface area contributed by atoms with Gasteiger partial charge in [0.1, 0.15) is 18.3 Å². The van der Waals surface area contributed by atoms with Crippen LogP contribution in [0.25, 0.3) is 0 Å². The molecule has 0 aromatic rings. The summed E-state index contributed by atoms with van der Waals surface area (Å²) in [6.45, 7) is 0.325. The Morgan fingerprint density at radius 2 is 2.09 bits per heavy atom. The third-order valence-electron chi connectivity index (χ3n) is 1.72. The molecule has 1 saturated heterocycles. The predicted octanol–water partition coefficient (Wildman–Crippen LogP) is -1.53. The number of hydrogen-bond acceptors (Lipinski definition) is 4. The van der Waals surface area contributed by atoms with Crippen LogP contribution in [0.2, 0.25) is 0 Å². The van der Waals surface area contributed by atoms with Gasteiger partial charge in [-0.25, -0.2) is 0 Å². The number of rotatable bonds is 0. The molecule has 0 aliphatic carbocycles. The summed E-state index contributed by atoms with van der Waals surface area (Å²) in [5.41, 5.74) is 0. The quantitative estimate of drug-likeness (QED) is 0.418. The molecule has 2 N–H and O–H groups in total. The molecule has 4 atom stereocenters. The van der Waals surface area contributed by atoms with Crippen molar-refractivity contribution < 1.29 is 19.7 Å². The van der Waals surface area contributed by atoms with E-state index in [4.69, 9.17) is 14.6 Å². The Morgan fingerprint density at radius 1 is 1.27 bits per heavy atom. The summed E-state index contributed by atoms with van der Waals surface area (Å²) in [7, 11) is 0. The van der Waals surface area contributed by atoms with Crippen molar-refractivity contribution in [2.75, 3.05) is 6.61 Å². The molecule has 3 aliphatic rings. The highest BCUT2D eigenvalue weighted by molar-refractivity contribution is 5.17. The van der Waals surface area contributed by atoms with Crippen LogP contribution >= 0.6 is 0 Å². The fourth-order valence-corrected chi connectivity index (χ4v) is 1.11. The SMILES string of the molecule is OC1OC2C#C[C@@H](OC2)C1O. The molecule has 3 unspecified atom stereocenters. The molecule has 0 saturated carbocycles. The lowest BCUT2D eigenvalue weighted by molar-refractivity contribution is -0.165. The van der Waals surface area contributed by atoms with E-state index in [0.717, 1.165) is 0 Å². The van der Waals surface area contributed by atoms with E-state index in [1.165, 1.54) is 0 Å². The molecule has 0 amide bonds. The maximum absolute atomic E-state index is 9.24. The number of fused-ring (bicyclic) bond motifs is 3. The Kier molecular flexibility index (Phi) is 1.59. The van der Waals surface area contributed by atoms with Gasteiger partial charge in [-0.15, -0.1) is 0 Å². The van der Waals surface area contributed by atoms with Gasteiger partial charge in [0.25, 0.3) is 0 Å². The molecule has 2 bridgehead atoms. The molecule has 4 nitrogen and oxygen atoms in total. The van der Waals surface area contributed by atoms with Crippen LogP contribution in [0, 0.1) is 11.8 Å². The molecule has 0 aromatic carbocycles. The molecule has 0 radical (unpaired) electrons. The van der Waals surface area contributed by atoms with E-state index < -0.39 is 24.6 Å². The average molecular weight is 156 g/mol. The first kappa shape index (κ1) is 7.07. The minimum absolute atomic E-state index is 0.325. The highest BCUT2D eigenvalue weighted by Gasteiger charge is 2.35. The van der Waals surface area contributed by atoms with Crippen molar-refractivity contribution in [3.8, 4) is 11.8 Å². The molecule has 0 aromatic heterocycles. The van der Waals surface area contributed by atoms with E-state index in [1.807, 2.05) is 0 Å². The van der Waals surface area contributed by atoms with E-state index >= 15 is 0 Å². The Bertz CT molecular complexity index is 216. The topological polar surface area (TPSA) is 58.9 Å². The lowest BCUT2D eigenvalue weighted by Gasteiger charge is -2.16. The highest BCUT2D eigenvalue weighted by atomic mass is 16.6. The molecule has 3 rings (SSSR count). The van der Waals surface area contributed by atoms with Gasteiger partial charge in [-0.3, -0.25) is 0 Å². The van der Waals surface area contributed by atoms with Gasteiger partial charge in [0.2, 0.25) is 0 Å². The zero-order chi connectivity index (χ0) is 7.84. The van der Waals surface area contributed by atoms with Crippen molar-refractivity contribution >= 4 is 0 Å². The summed E-state index contributed by atoms with van der Waals surface area (Å²) >= 11 is 0. The fourth-order valence-electron chi connectivity index (χ4n) is 1.11. The van der Waals surface area contributed by atoms with Crippen molar-refractivity contribution in [3.63, 3.8) is 0 Å². The third-order valence-corrected chi connectivity index (χ3v) is 1.72. The van der Waals surface area contributed by atoms with Crippen LogP contribution in [0.5, 0.6) is 0 Å². The van der Waals surface area contributed by atoms with E-state index in [-0.39, 0.29) is 0 Å². The van der Waals surface area contributed by atoms with Crippen LogP contribution < -0.4 is 0 Å². The summed E-state index contributed by atoms with van der Waals surface area (Å²) in [6.07, 6.45) is -3.22. The maximum Gasteiger partial charge on any atom is 0.186 e. The molecule has 3 aliphatic heterocycles. The van der Waals surface area contributed by atoms with Gasteiger partial charge in [-0.2, -0.15) is 0 Å². The van der Waals surface area contributed by atoms with Gasteiger partial charge in [0.15, 0.2) is 6.29 Å². The molecule has 60 valence electrons. The number of aliphatic hydroxyl groups excluding tert-OH is 2. The number of aliphatic hydroxyl groups is 2. The zero-order valence-electron chi connectivity index (χ0n) is 5.73. The van der Waals surface area contributed by atoms with Gasteiger partial charge in [0, 0.05) is 0 Å². The highest BCUT2D eigenvalue weighted by Crippen LogP contribution is 2.16. The van der Waals surface area contributed by atoms with Gasteiger partial charge >= 0.3 is 0 Å². The van der Waals surface area contributed by atoms with Crippen molar-refractivity contribution in [3.05, 3.63) is 0 Å². The molecular formula is C7H8O4. The van der Waals surface area contributed by atoms with E-state index in [0.29, 0.717) is 6.61 Å². The van der Waals surface area contributed by atoms with Gasteiger partial charge in [-0.1, -0.05) is 11.8 Å². The largest absolute Gasteiger partial charge is 0.384 e. The van der Waals surface area contributed by atoms with E-state index in [1.54, 1.807) is 0 Å². The number of ether oxygens (including phenoxy) is 2.